The van der Waals surface area contributed by atoms with Gasteiger partial charge in [0.25, 0.3) is 0 Å². The van der Waals surface area contributed by atoms with Gasteiger partial charge in [-0.15, -0.1) is 0 Å². The predicted molar refractivity (Wildman–Crippen MR) is 48.6 cm³/mol. The fraction of sp³-hybridized carbons (Fsp3) is 0.444. The van der Waals surface area contributed by atoms with E-state index in [1.807, 2.05) is 6.07 Å². The summed E-state index contributed by atoms with van der Waals surface area (Å²) < 4.78 is 0. The van der Waals surface area contributed by atoms with Crippen molar-refractivity contribution in [2.45, 2.75) is 26.4 Å². The van der Waals surface area contributed by atoms with E-state index >= 15 is 0 Å². The molecule has 0 amide bonds. The van der Waals surface area contributed by atoms with Crippen LogP contribution in [-0.4, -0.2) is 10.1 Å². The van der Waals surface area contributed by atoms with E-state index in [0.29, 0.717) is 5.82 Å². The average molecular weight is 166 g/mol. The first-order valence-electron chi connectivity index (χ1n) is 4.12. The van der Waals surface area contributed by atoms with Crippen molar-refractivity contribution < 1.29 is 5.11 Å². The maximum atomic E-state index is 8.87. The molecule has 0 aliphatic rings. The number of anilines is 1. The third-order valence-electron chi connectivity index (χ3n) is 1.65. The van der Waals surface area contributed by atoms with Gasteiger partial charge in [0.15, 0.2) is 0 Å². The summed E-state index contributed by atoms with van der Waals surface area (Å²) in [7, 11) is 0. The molecule has 0 atom stereocenters. The molecule has 1 aromatic rings. The summed E-state index contributed by atoms with van der Waals surface area (Å²) in [5.74, 6) is 0.491. The first-order chi connectivity index (χ1) is 5.76. The monoisotopic (exact) mass is 166 g/mol. The number of hydrogen-bond donors (Lipinski definition) is 2. The van der Waals surface area contributed by atoms with Gasteiger partial charge in [-0.2, -0.15) is 0 Å². The van der Waals surface area contributed by atoms with E-state index < -0.39 is 0 Å². The molecule has 0 fully saturated rings. The quantitative estimate of drug-likeness (QED) is 0.707. The number of nitrogens with zero attached hydrogens (tertiary/aromatic N) is 1. The number of aliphatic hydroxyl groups is 1. The number of aromatic nitrogens is 1. The van der Waals surface area contributed by atoms with Crippen molar-refractivity contribution >= 4 is 5.82 Å². The lowest BCUT2D eigenvalue weighted by Gasteiger charge is -2.02. The van der Waals surface area contributed by atoms with Crippen LogP contribution in [0.1, 0.15) is 24.6 Å². The largest absolute Gasteiger partial charge is 0.392 e. The van der Waals surface area contributed by atoms with E-state index in [9.17, 15) is 0 Å². The molecule has 12 heavy (non-hydrogen) atoms. The van der Waals surface area contributed by atoms with E-state index in [-0.39, 0.29) is 6.61 Å². The van der Waals surface area contributed by atoms with Crippen LogP contribution in [0.25, 0.3) is 0 Å². The number of rotatable bonds is 3. The molecule has 1 aromatic heterocycles. The van der Waals surface area contributed by atoms with Gasteiger partial charge in [0.2, 0.25) is 0 Å². The summed E-state index contributed by atoms with van der Waals surface area (Å²) in [5.41, 5.74) is 7.34. The van der Waals surface area contributed by atoms with Gasteiger partial charge in [0, 0.05) is 5.69 Å². The maximum absolute atomic E-state index is 8.87. The van der Waals surface area contributed by atoms with Crippen LogP contribution < -0.4 is 5.73 Å². The minimum absolute atomic E-state index is 0.0312. The van der Waals surface area contributed by atoms with E-state index in [0.717, 1.165) is 24.1 Å². The van der Waals surface area contributed by atoms with Gasteiger partial charge in [0.1, 0.15) is 5.82 Å². The number of pyridine rings is 1. The first kappa shape index (κ1) is 9.00. The molecule has 0 aliphatic carbocycles. The highest BCUT2D eigenvalue weighted by Crippen LogP contribution is 2.09. The van der Waals surface area contributed by atoms with Crippen molar-refractivity contribution in [2.75, 3.05) is 5.73 Å². The Morgan fingerprint density at radius 1 is 1.50 bits per heavy atom. The van der Waals surface area contributed by atoms with Crippen molar-refractivity contribution in [3.8, 4) is 0 Å². The Kier molecular flexibility index (Phi) is 3.05. The van der Waals surface area contributed by atoms with Crippen LogP contribution in [-0.2, 0) is 13.0 Å². The first-order valence-corrected chi connectivity index (χ1v) is 4.12. The molecule has 0 aromatic carbocycles. The van der Waals surface area contributed by atoms with Gasteiger partial charge in [-0.05, 0) is 24.1 Å². The number of nitrogens with two attached hydrogens (primary N) is 1. The van der Waals surface area contributed by atoms with Crippen molar-refractivity contribution in [1.29, 1.82) is 0 Å². The van der Waals surface area contributed by atoms with Crippen LogP contribution in [0.4, 0.5) is 5.82 Å². The number of nitrogen functional groups attached to an aromatic ring is 1. The number of aryl methyl sites for hydroxylation is 1. The molecule has 0 bridgehead atoms. The zero-order valence-electron chi connectivity index (χ0n) is 7.25. The minimum Gasteiger partial charge on any atom is -0.392 e. The van der Waals surface area contributed by atoms with E-state index in [4.69, 9.17) is 10.8 Å². The number of hydrogen-bond acceptors (Lipinski definition) is 3. The predicted octanol–water partition coefficient (Wildman–Crippen LogP) is 1.11. The Morgan fingerprint density at radius 3 is 2.83 bits per heavy atom. The van der Waals surface area contributed by atoms with Gasteiger partial charge in [-0.25, -0.2) is 4.98 Å². The molecular formula is C9H14N2O. The summed E-state index contributed by atoms with van der Waals surface area (Å²) in [4.78, 5) is 4.14. The molecular weight excluding hydrogens is 152 g/mol. The van der Waals surface area contributed by atoms with Crippen LogP contribution in [0.5, 0.6) is 0 Å². The third-order valence-corrected chi connectivity index (χ3v) is 1.65. The van der Waals surface area contributed by atoms with Gasteiger partial charge < -0.3 is 10.8 Å². The normalized spacial score (nSPS) is 10.2. The summed E-state index contributed by atoms with van der Waals surface area (Å²) >= 11 is 0. The standard InChI is InChI=1S/C9H14N2O/c1-2-3-8-4-7(6-12)5-9(10)11-8/h4-5,12H,2-3,6H2,1H3,(H2,10,11). The van der Waals surface area contributed by atoms with Gasteiger partial charge in [-0.3, -0.25) is 0 Å². The van der Waals surface area contributed by atoms with E-state index in [1.54, 1.807) is 6.07 Å². The summed E-state index contributed by atoms with van der Waals surface area (Å²) in [5, 5.41) is 8.87. The topological polar surface area (TPSA) is 59.1 Å². The fourth-order valence-corrected chi connectivity index (χ4v) is 1.15. The van der Waals surface area contributed by atoms with E-state index in [1.165, 1.54) is 0 Å². The molecule has 1 heterocycles. The Balaban J connectivity index is 2.90. The van der Waals surface area contributed by atoms with Gasteiger partial charge in [-0.1, -0.05) is 13.3 Å². The fourth-order valence-electron chi connectivity index (χ4n) is 1.15. The van der Waals surface area contributed by atoms with Crippen LogP contribution >= 0.6 is 0 Å². The second-order valence-electron chi connectivity index (χ2n) is 2.80. The van der Waals surface area contributed by atoms with Crippen LogP contribution in [0.2, 0.25) is 0 Å². The lowest BCUT2D eigenvalue weighted by molar-refractivity contribution is 0.281. The van der Waals surface area contributed by atoms with Crippen molar-refractivity contribution in [3.05, 3.63) is 23.4 Å². The lowest BCUT2D eigenvalue weighted by atomic mass is 10.2. The molecule has 0 radical (unpaired) electrons. The highest BCUT2D eigenvalue weighted by molar-refractivity contribution is 5.34. The molecule has 3 heteroatoms. The second kappa shape index (κ2) is 4.07. The second-order valence-corrected chi connectivity index (χ2v) is 2.80. The molecule has 3 nitrogen and oxygen atoms in total. The smallest absolute Gasteiger partial charge is 0.123 e. The maximum Gasteiger partial charge on any atom is 0.123 e. The van der Waals surface area contributed by atoms with Crippen molar-refractivity contribution in [1.82, 2.24) is 4.98 Å². The molecule has 3 N–H and O–H groups in total. The summed E-state index contributed by atoms with van der Waals surface area (Å²) in [6.07, 6.45) is 1.96. The molecule has 0 saturated heterocycles. The van der Waals surface area contributed by atoms with Crippen molar-refractivity contribution in [2.24, 2.45) is 0 Å². The Morgan fingerprint density at radius 2 is 2.25 bits per heavy atom. The third kappa shape index (κ3) is 2.20. The summed E-state index contributed by atoms with van der Waals surface area (Å²) in [6.45, 7) is 2.12. The van der Waals surface area contributed by atoms with Crippen LogP contribution in [0.15, 0.2) is 12.1 Å². The minimum atomic E-state index is 0.0312. The average Bonchev–Trinajstić information content (AvgIpc) is 2.04. The zero-order chi connectivity index (χ0) is 8.97. The Bertz CT molecular complexity index is 261. The van der Waals surface area contributed by atoms with Crippen molar-refractivity contribution in [3.63, 3.8) is 0 Å². The molecule has 0 saturated carbocycles. The Hall–Kier alpha value is -1.09. The molecule has 66 valence electrons. The van der Waals surface area contributed by atoms with Crippen LogP contribution in [0, 0.1) is 0 Å². The highest BCUT2D eigenvalue weighted by Gasteiger charge is 1.98. The zero-order valence-corrected chi connectivity index (χ0v) is 7.25. The molecule has 0 spiro atoms. The number of aliphatic hydroxyl groups excluding tert-OH is 1. The molecule has 0 aliphatic heterocycles. The lowest BCUT2D eigenvalue weighted by Crippen LogP contribution is -1.98. The van der Waals surface area contributed by atoms with Gasteiger partial charge >= 0.3 is 0 Å². The Labute approximate surface area is 72.2 Å². The molecule has 0 unspecified atom stereocenters. The summed E-state index contributed by atoms with van der Waals surface area (Å²) in [6, 6.07) is 3.58. The molecule has 1 rings (SSSR count). The SMILES string of the molecule is CCCc1cc(CO)cc(N)n1. The van der Waals surface area contributed by atoms with Gasteiger partial charge in [0.05, 0.1) is 6.61 Å². The van der Waals surface area contributed by atoms with Crippen LogP contribution in [0.3, 0.4) is 0 Å². The van der Waals surface area contributed by atoms with E-state index in [2.05, 4.69) is 11.9 Å². The highest BCUT2D eigenvalue weighted by atomic mass is 16.3.